The van der Waals surface area contributed by atoms with Crippen molar-refractivity contribution in [2.24, 2.45) is 0 Å². The van der Waals surface area contributed by atoms with Crippen LogP contribution in [-0.4, -0.2) is 17.9 Å². The smallest absolute Gasteiger partial charge is 0.423 e. The molecule has 1 aliphatic heterocycles. The van der Waals surface area contributed by atoms with Crippen molar-refractivity contribution >= 4 is 18.4 Å². The lowest BCUT2D eigenvalue weighted by molar-refractivity contribution is 0.0976. The zero-order valence-corrected chi connectivity index (χ0v) is 12.1. The molecule has 2 aromatic rings. The van der Waals surface area contributed by atoms with Crippen LogP contribution in [-0.2, 0) is 17.7 Å². The van der Waals surface area contributed by atoms with E-state index in [1.54, 1.807) is 0 Å². The summed E-state index contributed by atoms with van der Waals surface area (Å²) in [7, 11) is -1.06. The zero-order chi connectivity index (χ0) is 15.5. The van der Waals surface area contributed by atoms with Crippen molar-refractivity contribution in [2.45, 2.75) is 25.9 Å². The Hall–Kier alpha value is -1.98. The quantitative estimate of drug-likeness (QED) is 0.680. The minimum Gasteiger partial charge on any atom is -0.423 e. The van der Waals surface area contributed by atoms with Gasteiger partial charge in [-0.25, -0.2) is 4.39 Å². The number of fused-ring (bicyclic) bond motifs is 1. The summed E-state index contributed by atoms with van der Waals surface area (Å²) in [5.74, 6) is -0.781. The van der Waals surface area contributed by atoms with Crippen LogP contribution in [0.2, 0.25) is 0 Å². The van der Waals surface area contributed by atoms with Gasteiger partial charge in [0.2, 0.25) is 0 Å². The lowest BCUT2D eigenvalue weighted by Gasteiger charge is -2.06. The first-order valence-electron chi connectivity index (χ1n) is 7.34. The van der Waals surface area contributed by atoms with E-state index in [0.29, 0.717) is 17.4 Å². The zero-order valence-electron chi connectivity index (χ0n) is 12.1. The van der Waals surface area contributed by atoms with Crippen molar-refractivity contribution < 1.29 is 18.9 Å². The molecule has 1 heterocycles. The molecule has 112 valence electrons. The first-order valence-corrected chi connectivity index (χ1v) is 7.34. The minimum atomic E-state index is -1.06. The van der Waals surface area contributed by atoms with E-state index in [4.69, 9.17) is 4.65 Å². The number of benzene rings is 2. The molecule has 1 N–H and O–H groups in total. The van der Waals surface area contributed by atoms with Gasteiger partial charge in [0.1, 0.15) is 5.82 Å². The SMILES string of the molecule is O=C(CCCc1ccccc1)c1cc2c(cc1F)COB2O. The first-order chi connectivity index (χ1) is 10.6. The van der Waals surface area contributed by atoms with Crippen LogP contribution in [0, 0.1) is 5.82 Å². The van der Waals surface area contributed by atoms with Gasteiger partial charge >= 0.3 is 7.12 Å². The van der Waals surface area contributed by atoms with E-state index < -0.39 is 12.9 Å². The second-order valence-electron chi connectivity index (χ2n) is 5.46. The average Bonchev–Trinajstić information content (AvgIpc) is 2.88. The predicted molar refractivity (Wildman–Crippen MR) is 82.5 cm³/mol. The van der Waals surface area contributed by atoms with Crippen molar-refractivity contribution in [1.29, 1.82) is 0 Å². The van der Waals surface area contributed by atoms with E-state index in [9.17, 15) is 14.2 Å². The summed E-state index contributed by atoms with van der Waals surface area (Å²) in [6.45, 7) is 0.176. The number of carbonyl (C=O) groups excluding carboxylic acids is 1. The van der Waals surface area contributed by atoms with Crippen molar-refractivity contribution in [3.63, 3.8) is 0 Å². The molecule has 0 bridgehead atoms. The molecule has 0 atom stereocenters. The second kappa shape index (κ2) is 6.42. The van der Waals surface area contributed by atoms with Crippen LogP contribution in [0.5, 0.6) is 0 Å². The Bertz CT molecular complexity index is 688. The molecule has 0 aromatic heterocycles. The van der Waals surface area contributed by atoms with Gasteiger partial charge in [0.25, 0.3) is 0 Å². The van der Waals surface area contributed by atoms with Gasteiger partial charge in [-0.3, -0.25) is 4.79 Å². The highest BCUT2D eigenvalue weighted by atomic mass is 19.1. The Morgan fingerprint density at radius 2 is 2.05 bits per heavy atom. The van der Waals surface area contributed by atoms with E-state index in [0.717, 1.165) is 12.0 Å². The fourth-order valence-electron chi connectivity index (χ4n) is 2.69. The Morgan fingerprint density at radius 3 is 2.82 bits per heavy atom. The lowest BCUT2D eigenvalue weighted by Crippen LogP contribution is -2.29. The van der Waals surface area contributed by atoms with Crippen LogP contribution in [0.4, 0.5) is 4.39 Å². The molecule has 2 aromatic carbocycles. The van der Waals surface area contributed by atoms with Crippen molar-refractivity contribution in [3.8, 4) is 0 Å². The molecule has 0 spiro atoms. The summed E-state index contributed by atoms with van der Waals surface area (Å²) in [6, 6.07) is 12.6. The lowest BCUT2D eigenvalue weighted by atomic mass is 9.78. The van der Waals surface area contributed by atoms with Crippen LogP contribution in [0.25, 0.3) is 0 Å². The van der Waals surface area contributed by atoms with E-state index in [-0.39, 0.29) is 24.4 Å². The van der Waals surface area contributed by atoms with Gasteiger partial charge in [-0.15, -0.1) is 0 Å². The summed E-state index contributed by atoms with van der Waals surface area (Å²) < 4.78 is 19.0. The van der Waals surface area contributed by atoms with Crippen LogP contribution in [0.15, 0.2) is 42.5 Å². The molecule has 3 rings (SSSR count). The fraction of sp³-hybridized carbons (Fsp3) is 0.235. The summed E-state index contributed by atoms with van der Waals surface area (Å²) in [5.41, 5.74) is 2.29. The standard InChI is InChI=1S/C17H16BFO3/c19-16-9-13-11-22-18(21)15(13)10-14(16)17(20)8-4-7-12-5-2-1-3-6-12/h1-3,5-6,9-10,21H,4,7-8,11H2. The molecular weight excluding hydrogens is 282 g/mol. The van der Waals surface area contributed by atoms with Gasteiger partial charge in [0, 0.05) is 6.42 Å². The van der Waals surface area contributed by atoms with Gasteiger partial charge in [-0.05, 0) is 41.6 Å². The number of halogens is 1. The van der Waals surface area contributed by atoms with Crippen molar-refractivity contribution in [1.82, 2.24) is 0 Å². The average molecular weight is 298 g/mol. The third kappa shape index (κ3) is 3.10. The second-order valence-corrected chi connectivity index (χ2v) is 5.46. The normalized spacial score (nSPS) is 13.3. The van der Waals surface area contributed by atoms with Crippen LogP contribution >= 0.6 is 0 Å². The molecule has 5 heteroatoms. The maximum atomic E-state index is 14.0. The summed E-state index contributed by atoms with van der Waals surface area (Å²) in [6.07, 6.45) is 1.73. The van der Waals surface area contributed by atoms with Crippen LogP contribution in [0.1, 0.15) is 34.3 Å². The molecule has 0 radical (unpaired) electrons. The monoisotopic (exact) mass is 298 g/mol. The van der Waals surface area contributed by atoms with Gasteiger partial charge < -0.3 is 9.68 Å². The minimum absolute atomic E-state index is 0.0383. The largest absolute Gasteiger partial charge is 0.491 e. The topological polar surface area (TPSA) is 46.5 Å². The number of Topliss-reactive ketones (excluding diaryl/α,β-unsaturated/α-hetero) is 1. The van der Waals surface area contributed by atoms with Crippen molar-refractivity contribution in [3.05, 3.63) is 65.0 Å². The first kappa shape index (κ1) is 14.9. The molecule has 0 fully saturated rings. The molecule has 1 aliphatic rings. The molecule has 22 heavy (non-hydrogen) atoms. The Morgan fingerprint density at radius 1 is 1.27 bits per heavy atom. The van der Waals surface area contributed by atoms with Crippen LogP contribution < -0.4 is 5.46 Å². The number of rotatable bonds is 5. The summed E-state index contributed by atoms with van der Waals surface area (Å²) in [5, 5.41) is 9.65. The number of hydrogen-bond acceptors (Lipinski definition) is 3. The molecule has 0 saturated carbocycles. The summed E-state index contributed by atoms with van der Waals surface area (Å²) >= 11 is 0. The number of hydrogen-bond donors (Lipinski definition) is 1. The van der Waals surface area contributed by atoms with Crippen molar-refractivity contribution in [2.75, 3.05) is 0 Å². The molecule has 0 aliphatic carbocycles. The molecule has 0 unspecified atom stereocenters. The van der Waals surface area contributed by atoms with Gasteiger partial charge in [0.05, 0.1) is 12.2 Å². The predicted octanol–water partition coefficient (Wildman–Crippen LogP) is 2.25. The van der Waals surface area contributed by atoms with E-state index in [2.05, 4.69) is 0 Å². The van der Waals surface area contributed by atoms with Gasteiger partial charge in [0.15, 0.2) is 5.78 Å². The van der Waals surface area contributed by atoms with Gasteiger partial charge in [-0.2, -0.15) is 0 Å². The molecule has 3 nitrogen and oxygen atoms in total. The third-order valence-electron chi connectivity index (χ3n) is 3.90. The highest BCUT2D eigenvalue weighted by Gasteiger charge is 2.29. The highest BCUT2D eigenvalue weighted by Crippen LogP contribution is 2.17. The number of carbonyl (C=O) groups is 1. The molecule has 0 saturated heterocycles. The number of aryl methyl sites for hydroxylation is 1. The molecular formula is C17H16BFO3. The highest BCUT2D eigenvalue weighted by molar-refractivity contribution is 6.61. The Kier molecular flexibility index (Phi) is 4.36. The Labute approximate surface area is 128 Å². The maximum absolute atomic E-state index is 14.0. The summed E-state index contributed by atoms with van der Waals surface area (Å²) in [4.78, 5) is 12.2. The van der Waals surface area contributed by atoms with E-state index in [1.165, 1.54) is 12.1 Å². The van der Waals surface area contributed by atoms with E-state index in [1.807, 2.05) is 30.3 Å². The number of ketones is 1. The fourth-order valence-corrected chi connectivity index (χ4v) is 2.69. The maximum Gasteiger partial charge on any atom is 0.491 e. The van der Waals surface area contributed by atoms with E-state index >= 15 is 0 Å². The third-order valence-corrected chi connectivity index (χ3v) is 3.90. The van der Waals surface area contributed by atoms with Gasteiger partial charge in [-0.1, -0.05) is 30.3 Å². The van der Waals surface area contributed by atoms with Crippen LogP contribution in [0.3, 0.4) is 0 Å². The molecule has 0 amide bonds. The Balaban J connectivity index is 1.66.